The van der Waals surface area contributed by atoms with Crippen LogP contribution in [0.1, 0.15) is 13.8 Å². The number of ether oxygens (including phenoxy) is 1. The predicted molar refractivity (Wildman–Crippen MR) is 113 cm³/mol. The highest BCUT2D eigenvalue weighted by Gasteiger charge is 2.17. The summed E-state index contributed by atoms with van der Waals surface area (Å²) in [5.41, 5.74) is 1.49. The van der Waals surface area contributed by atoms with Crippen molar-refractivity contribution in [3.8, 4) is 17.1 Å². The lowest BCUT2D eigenvalue weighted by Gasteiger charge is -2.13. The van der Waals surface area contributed by atoms with Gasteiger partial charge in [-0.15, -0.1) is 10.2 Å². The molecule has 1 aromatic heterocycles. The van der Waals surface area contributed by atoms with Gasteiger partial charge in [0.1, 0.15) is 11.6 Å². The molecule has 0 fully saturated rings. The summed E-state index contributed by atoms with van der Waals surface area (Å²) < 4.78 is 20.2. The highest BCUT2D eigenvalue weighted by atomic mass is 32.2. The molecule has 1 heterocycles. The summed E-state index contributed by atoms with van der Waals surface area (Å²) in [5, 5.41) is 12.1. The van der Waals surface area contributed by atoms with Gasteiger partial charge in [0.2, 0.25) is 5.91 Å². The molecule has 3 rings (SSSR count). The third-order valence-electron chi connectivity index (χ3n) is 4.07. The Hall–Kier alpha value is -2.87. The number of thioether (sulfide) groups is 1. The molecule has 0 aliphatic heterocycles. The van der Waals surface area contributed by atoms with Crippen molar-refractivity contribution in [3.63, 3.8) is 0 Å². The van der Waals surface area contributed by atoms with Crippen molar-refractivity contribution in [1.82, 2.24) is 14.8 Å². The molecule has 0 radical (unpaired) electrons. The summed E-state index contributed by atoms with van der Waals surface area (Å²) >= 11 is 1.32. The van der Waals surface area contributed by atoms with Gasteiger partial charge in [0.05, 0.1) is 12.9 Å². The predicted octanol–water partition coefficient (Wildman–Crippen LogP) is 4.48. The van der Waals surface area contributed by atoms with E-state index in [1.807, 2.05) is 28.8 Å². The van der Waals surface area contributed by atoms with Crippen molar-refractivity contribution in [3.05, 3.63) is 54.3 Å². The molecule has 0 atom stereocenters. The summed E-state index contributed by atoms with van der Waals surface area (Å²) in [7, 11) is 1.63. The number of hydrogen-bond acceptors (Lipinski definition) is 5. The number of benzene rings is 2. The van der Waals surface area contributed by atoms with Gasteiger partial charge in [-0.2, -0.15) is 0 Å². The zero-order valence-corrected chi connectivity index (χ0v) is 17.4. The van der Waals surface area contributed by atoms with Crippen molar-refractivity contribution in [1.29, 1.82) is 0 Å². The summed E-state index contributed by atoms with van der Waals surface area (Å²) in [6, 6.07) is 13.3. The van der Waals surface area contributed by atoms with Crippen LogP contribution in [0.25, 0.3) is 11.4 Å². The fraction of sp³-hybridized carbons (Fsp3) is 0.286. The number of rotatable bonds is 8. The molecule has 8 heteroatoms. The SMILES string of the molecule is COc1ccc(-c2nnc(SCC(=O)Nc3ccc(F)cc3)n2CC(C)C)cc1. The third-order valence-corrected chi connectivity index (χ3v) is 5.04. The topological polar surface area (TPSA) is 69.0 Å². The van der Waals surface area contributed by atoms with E-state index < -0.39 is 0 Å². The smallest absolute Gasteiger partial charge is 0.234 e. The van der Waals surface area contributed by atoms with Gasteiger partial charge in [0, 0.05) is 17.8 Å². The molecule has 2 aromatic carbocycles. The molecule has 0 bridgehead atoms. The highest BCUT2D eigenvalue weighted by Crippen LogP contribution is 2.26. The number of methoxy groups -OCH3 is 1. The van der Waals surface area contributed by atoms with Crippen LogP contribution in [0, 0.1) is 11.7 Å². The number of carbonyl (C=O) groups is 1. The third kappa shape index (κ3) is 5.57. The normalized spacial score (nSPS) is 10.9. The lowest BCUT2D eigenvalue weighted by Crippen LogP contribution is -2.15. The second-order valence-electron chi connectivity index (χ2n) is 6.88. The highest BCUT2D eigenvalue weighted by molar-refractivity contribution is 7.99. The Morgan fingerprint density at radius 3 is 2.45 bits per heavy atom. The second-order valence-corrected chi connectivity index (χ2v) is 7.83. The zero-order chi connectivity index (χ0) is 20.8. The van der Waals surface area contributed by atoms with Gasteiger partial charge in [-0.25, -0.2) is 4.39 Å². The van der Waals surface area contributed by atoms with Gasteiger partial charge in [-0.05, 0) is 54.4 Å². The van der Waals surface area contributed by atoms with E-state index in [-0.39, 0.29) is 17.5 Å². The minimum atomic E-state index is -0.342. The number of amides is 1. The molecule has 0 saturated carbocycles. The van der Waals surface area contributed by atoms with Gasteiger partial charge in [0.15, 0.2) is 11.0 Å². The lowest BCUT2D eigenvalue weighted by molar-refractivity contribution is -0.113. The van der Waals surface area contributed by atoms with Gasteiger partial charge in [0.25, 0.3) is 0 Å². The summed E-state index contributed by atoms with van der Waals surface area (Å²) in [6.45, 7) is 4.97. The van der Waals surface area contributed by atoms with Crippen molar-refractivity contribution >= 4 is 23.4 Å². The molecular formula is C21H23FN4O2S. The van der Waals surface area contributed by atoms with Gasteiger partial charge in [-0.3, -0.25) is 4.79 Å². The van der Waals surface area contributed by atoms with Crippen LogP contribution in [0.3, 0.4) is 0 Å². The summed E-state index contributed by atoms with van der Waals surface area (Å²) in [4.78, 5) is 12.3. The van der Waals surface area contributed by atoms with Crippen LogP contribution in [-0.4, -0.2) is 33.5 Å². The van der Waals surface area contributed by atoms with Crippen molar-refractivity contribution in [2.75, 3.05) is 18.2 Å². The van der Waals surface area contributed by atoms with Crippen LogP contribution >= 0.6 is 11.8 Å². The lowest BCUT2D eigenvalue weighted by atomic mass is 10.2. The number of aromatic nitrogens is 3. The van der Waals surface area contributed by atoms with Crippen molar-refractivity contribution < 1.29 is 13.9 Å². The minimum Gasteiger partial charge on any atom is -0.497 e. The van der Waals surface area contributed by atoms with E-state index >= 15 is 0 Å². The largest absolute Gasteiger partial charge is 0.497 e. The van der Waals surface area contributed by atoms with Crippen LogP contribution in [0.15, 0.2) is 53.7 Å². The van der Waals surface area contributed by atoms with E-state index in [9.17, 15) is 9.18 Å². The Morgan fingerprint density at radius 2 is 1.83 bits per heavy atom. The first kappa shape index (κ1) is 20.9. The van der Waals surface area contributed by atoms with E-state index in [4.69, 9.17) is 4.74 Å². The van der Waals surface area contributed by atoms with Crippen LogP contribution in [0.5, 0.6) is 5.75 Å². The van der Waals surface area contributed by atoms with Crippen LogP contribution in [-0.2, 0) is 11.3 Å². The quantitative estimate of drug-likeness (QED) is 0.551. The van der Waals surface area contributed by atoms with Crippen molar-refractivity contribution in [2.45, 2.75) is 25.5 Å². The van der Waals surface area contributed by atoms with Gasteiger partial charge < -0.3 is 14.6 Å². The number of nitrogens with one attached hydrogen (secondary N) is 1. The molecule has 0 aliphatic rings. The second kappa shape index (κ2) is 9.56. The molecule has 1 N–H and O–H groups in total. The van der Waals surface area contributed by atoms with E-state index in [0.717, 1.165) is 23.7 Å². The monoisotopic (exact) mass is 414 g/mol. The first-order valence-electron chi connectivity index (χ1n) is 9.22. The first-order valence-corrected chi connectivity index (χ1v) is 10.2. The molecule has 3 aromatic rings. The zero-order valence-electron chi connectivity index (χ0n) is 16.6. The Balaban J connectivity index is 1.73. The summed E-state index contributed by atoms with van der Waals surface area (Å²) in [6.07, 6.45) is 0. The Bertz CT molecular complexity index is 956. The average Bonchev–Trinajstić information content (AvgIpc) is 3.10. The van der Waals surface area contributed by atoms with E-state index in [1.54, 1.807) is 7.11 Å². The van der Waals surface area contributed by atoms with Crippen LogP contribution in [0.4, 0.5) is 10.1 Å². The number of carbonyl (C=O) groups excluding carboxylic acids is 1. The molecular weight excluding hydrogens is 391 g/mol. The molecule has 0 unspecified atom stereocenters. The van der Waals surface area contributed by atoms with Crippen LogP contribution in [0.2, 0.25) is 0 Å². The first-order chi connectivity index (χ1) is 14.0. The number of hydrogen-bond donors (Lipinski definition) is 1. The molecule has 0 saturated heterocycles. The fourth-order valence-corrected chi connectivity index (χ4v) is 3.49. The van der Waals surface area contributed by atoms with E-state index in [2.05, 4.69) is 29.4 Å². The number of halogens is 1. The number of anilines is 1. The molecule has 6 nitrogen and oxygen atoms in total. The van der Waals surface area contributed by atoms with Gasteiger partial charge >= 0.3 is 0 Å². The van der Waals surface area contributed by atoms with Crippen molar-refractivity contribution in [2.24, 2.45) is 5.92 Å². The Morgan fingerprint density at radius 1 is 1.14 bits per heavy atom. The molecule has 1 amide bonds. The fourth-order valence-electron chi connectivity index (χ4n) is 2.74. The number of nitrogens with zero attached hydrogens (tertiary/aromatic N) is 3. The van der Waals surface area contributed by atoms with E-state index in [0.29, 0.717) is 16.8 Å². The van der Waals surface area contributed by atoms with Gasteiger partial charge in [-0.1, -0.05) is 25.6 Å². The summed E-state index contributed by atoms with van der Waals surface area (Å²) in [5.74, 6) is 1.56. The minimum absolute atomic E-state index is 0.177. The maximum Gasteiger partial charge on any atom is 0.234 e. The molecule has 29 heavy (non-hydrogen) atoms. The maximum atomic E-state index is 13.0. The molecule has 152 valence electrons. The maximum absolute atomic E-state index is 13.0. The Labute approximate surface area is 173 Å². The average molecular weight is 415 g/mol. The molecule has 0 spiro atoms. The Kier molecular flexibility index (Phi) is 6.87. The molecule has 0 aliphatic carbocycles. The van der Waals surface area contributed by atoms with E-state index in [1.165, 1.54) is 36.0 Å². The standard InChI is InChI=1S/C21H23FN4O2S/c1-14(2)12-26-20(15-4-10-18(28-3)11-5-15)24-25-21(26)29-13-19(27)23-17-8-6-16(22)7-9-17/h4-11,14H,12-13H2,1-3H3,(H,23,27). The van der Waals surface area contributed by atoms with Crippen LogP contribution < -0.4 is 10.1 Å².